The number of hydrogen-bond acceptors (Lipinski definition) is 8. The van der Waals surface area contributed by atoms with Crippen LogP contribution in [0, 0.1) is 6.92 Å². The Morgan fingerprint density at radius 2 is 1.74 bits per heavy atom. The van der Waals surface area contributed by atoms with E-state index in [1.54, 1.807) is 11.8 Å². The van der Waals surface area contributed by atoms with Gasteiger partial charge in [-0.3, -0.25) is 9.02 Å². The van der Waals surface area contributed by atoms with E-state index < -0.39 is 0 Å². The van der Waals surface area contributed by atoms with Gasteiger partial charge in [0.25, 0.3) is 0 Å². The number of aryl methyl sites for hydroxylation is 1. The Morgan fingerprint density at radius 3 is 2.41 bits per heavy atom. The first-order valence-electron chi connectivity index (χ1n) is 13.3. The zero-order valence-corrected chi connectivity index (χ0v) is 26.9. The minimum atomic E-state index is 0.509. The molecule has 2 aliphatic rings. The van der Waals surface area contributed by atoms with Gasteiger partial charge in [0.2, 0.25) is 0 Å². The van der Waals surface area contributed by atoms with Crippen molar-refractivity contribution in [3.63, 3.8) is 0 Å². The van der Waals surface area contributed by atoms with Crippen molar-refractivity contribution in [2.75, 3.05) is 36.7 Å². The average Bonchev–Trinajstić information content (AvgIpc) is 3.55. The molecule has 0 radical (unpaired) electrons. The highest BCUT2D eigenvalue weighted by Gasteiger charge is 2.17. The summed E-state index contributed by atoms with van der Waals surface area (Å²) in [7, 11) is 0. The minimum Gasteiger partial charge on any atom is -0.381 e. The number of nitrogens with one attached hydrogen (secondary N) is 2. The van der Waals surface area contributed by atoms with Gasteiger partial charge >= 0.3 is 0 Å². The molecule has 0 spiro atoms. The fraction of sp³-hybridized carbons (Fsp3) is 0.444. The summed E-state index contributed by atoms with van der Waals surface area (Å²) in [6, 6.07) is 12.3. The van der Waals surface area contributed by atoms with Crippen LogP contribution >= 0.6 is 40.2 Å². The average molecular weight is 682 g/mol. The third-order valence-electron chi connectivity index (χ3n) is 6.14. The van der Waals surface area contributed by atoms with Crippen molar-refractivity contribution in [1.82, 2.24) is 24.1 Å². The Morgan fingerprint density at radius 1 is 0.949 bits per heavy atom. The van der Waals surface area contributed by atoms with Gasteiger partial charge in [-0.25, -0.2) is 9.97 Å². The Bertz CT molecular complexity index is 1320. The number of anilines is 4. The molecular weight excluding hydrogens is 644 g/mol. The summed E-state index contributed by atoms with van der Waals surface area (Å²) in [5, 5.41) is 11.6. The van der Waals surface area contributed by atoms with Crippen LogP contribution in [0.2, 0.25) is 0 Å². The van der Waals surface area contributed by atoms with Gasteiger partial charge in [-0.1, -0.05) is 26.0 Å². The van der Waals surface area contributed by atoms with Crippen LogP contribution in [-0.4, -0.2) is 50.2 Å². The largest absolute Gasteiger partial charge is 0.381 e. The second-order valence-corrected chi connectivity index (χ2v) is 11.6. The van der Waals surface area contributed by atoms with Gasteiger partial charge in [-0.15, -0.1) is 11.8 Å². The molecule has 2 aliphatic heterocycles. The van der Waals surface area contributed by atoms with Crippen LogP contribution in [0.3, 0.4) is 0 Å². The summed E-state index contributed by atoms with van der Waals surface area (Å²) in [5.41, 5.74) is 4.74. The van der Waals surface area contributed by atoms with Gasteiger partial charge in [0.05, 0.1) is 43.2 Å². The summed E-state index contributed by atoms with van der Waals surface area (Å²) >= 11 is 4.08. The van der Waals surface area contributed by atoms with Crippen molar-refractivity contribution in [1.29, 1.82) is 0 Å². The van der Waals surface area contributed by atoms with E-state index in [0.717, 1.165) is 65.5 Å². The topological polar surface area (TPSA) is 91.1 Å². The third-order valence-corrected chi connectivity index (χ3v) is 9.09. The summed E-state index contributed by atoms with van der Waals surface area (Å²) in [5.74, 6) is 2.44. The van der Waals surface area contributed by atoms with E-state index in [-0.39, 0.29) is 0 Å². The smallest absolute Gasteiger partial charge is 0.168 e. The second-order valence-electron chi connectivity index (χ2n) is 8.73. The van der Waals surface area contributed by atoms with Gasteiger partial charge in [-0.05, 0) is 66.6 Å². The molecule has 2 N–H and O–H groups in total. The number of thioether (sulfide) groups is 1. The molecule has 1 unspecified atom stereocenters. The molecule has 3 aromatic heterocycles. The van der Waals surface area contributed by atoms with E-state index in [9.17, 15) is 0 Å². The second kappa shape index (κ2) is 15.2. The predicted octanol–water partition coefficient (Wildman–Crippen LogP) is 7.68. The molecule has 9 nitrogen and oxygen atoms in total. The highest BCUT2D eigenvalue weighted by molar-refractivity contribution is 14.2. The molecule has 1 atom stereocenters. The van der Waals surface area contributed by atoms with Crippen molar-refractivity contribution in [2.45, 2.75) is 58.1 Å². The van der Waals surface area contributed by atoms with Crippen LogP contribution in [-0.2, 0) is 22.6 Å². The number of halogens is 1. The summed E-state index contributed by atoms with van der Waals surface area (Å²) < 4.78 is 14.7. The number of aromatic nitrogens is 5. The standard InChI is InChI=1S/C20H21IN7OPS.C5H10O.C2H6/c1-12-22-19-15(23-14-5-3-4-6-16(14)31-2)10-17(25-20(19)28(12)30-21)24-18-9-13-11-29-8-7-27(13)26-18;1-2-4-6-5-3-1;1-2/h3-6,9-10,30H,7-8,11H2,1-2H3,(H2,23,24,25,26);1-5H2;1-2H3. The lowest BCUT2D eigenvalue weighted by molar-refractivity contribution is 0.0801. The van der Waals surface area contributed by atoms with Crippen molar-refractivity contribution in [3.05, 3.63) is 47.9 Å². The van der Waals surface area contributed by atoms with Crippen LogP contribution in [0.5, 0.6) is 0 Å². The molecule has 12 heteroatoms. The molecule has 1 aromatic carbocycles. The number of rotatable bonds is 6. The van der Waals surface area contributed by atoms with Gasteiger partial charge in [0, 0.05) is 30.2 Å². The molecule has 0 bridgehead atoms. The Hall–Kier alpha value is -1.92. The normalized spacial score (nSPS) is 14.8. The molecule has 1 fully saturated rings. The fourth-order valence-electron chi connectivity index (χ4n) is 4.28. The minimum absolute atomic E-state index is 0.509. The van der Waals surface area contributed by atoms with E-state index >= 15 is 0 Å². The highest BCUT2D eigenvalue weighted by Crippen LogP contribution is 2.37. The lowest BCUT2D eigenvalue weighted by Crippen LogP contribution is -2.16. The maximum atomic E-state index is 5.53. The molecule has 4 aromatic rings. The van der Waals surface area contributed by atoms with Crippen molar-refractivity contribution < 1.29 is 9.47 Å². The number of nitrogens with zero attached hydrogens (tertiary/aromatic N) is 5. The van der Waals surface area contributed by atoms with Crippen LogP contribution in [0.4, 0.5) is 23.0 Å². The van der Waals surface area contributed by atoms with Crippen molar-refractivity contribution in [2.24, 2.45) is 0 Å². The number of hydrogen-bond donors (Lipinski definition) is 2. The molecule has 0 aliphatic carbocycles. The Labute approximate surface area is 249 Å². The Kier molecular flexibility index (Phi) is 11.7. The summed E-state index contributed by atoms with van der Waals surface area (Å²) in [4.78, 5) is 10.9. The van der Waals surface area contributed by atoms with Gasteiger partial charge in [0.1, 0.15) is 17.2 Å². The molecule has 210 valence electrons. The van der Waals surface area contributed by atoms with Crippen LogP contribution in [0.25, 0.3) is 11.2 Å². The quantitative estimate of drug-likeness (QED) is 0.122. The highest BCUT2D eigenvalue weighted by atomic mass is 127. The van der Waals surface area contributed by atoms with Crippen LogP contribution < -0.4 is 10.6 Å². The van der Waals surface area contributed by atoms with Gasteiger partial charge in [-0.2, -0.15) is 5.10 Å². The van der Waals surface area contributed by atoms with Gasteiger partial charge < -0.3 is 20.1 Å². The van der Waals surface area contributed by atoms with Crippen LogP contribution in [0.1, 0.15) is 44.6 Å². The number of imidazole rings is 1. The van der Waals surface area contributed by atoms with Gasteiger partial charge in [0.15, 0.2) is 11.5 Å². The zero-order valence-electron chi connectivity index (χ0n) is 23.0. The summed E-state index contributed by atoms with van der Waals surface area (Å²) in [6.45, 7) is 10.1. The number of fused-ring (bicyclic) bond motifs is 2. The lowest BCUT2D eigenvalue weighted by atomic mass is 10.2. The lowest BCUT2D eigenvalue weighted by Gasteiger charge is -2.13. The van der Waals surface area contributed by atoms with E-state index in [0.29, 0.717) is 19.6 Å². The molecule has 0 amide bonds. The maximum Gasteiger partial charge on any atom is 0.168 e. The third kappa shape index (κ3) is 7.64. The number of ether oxygens (including phenoxy) is 2. The molecule has 0 saturated carbocycles. The van der Waals surface area contributed by atoms with E-state index in [1.165, 1.54) is 24.2 Å². The number of pyridine rings is 1. The first kappa shape index (κ1) is 30.0. The van der Waals surface area contributed by atoms with E-state index in [4.69, 9.17) is 19.4 Å². The molecule has 5 heterocycles. The monoisotopic (exact) mass is 681 g/mol. The number of benzene rings is 1. The molecular formula is C27H37IN7O2PS. The molecule has 39 heavy (non-hydrogen) atoms. The SMILES string of the molecule is C1CCOCC1.CC.CSc1ccccc1Nc1cc(Nc2cc3n(n2)CCOC3)nc2c1nc(C)n2PI. The zero-order chi connectivity index (χ0) is 27.6. The molecule has 1 saturated heterocycles. The number of para-hydroxylation sites is 1. The first-order chi connectivity index (χ1) is 19.2. The fourth-order valence-corrected chi connectivity index (χ4v) is 6.98. The van der Waals surface area contributed by atoms with Crippen molar-refractivity contribution in [3.8, 4) is 0 Å². The predicted molar refractivity (Wildman–Crippen MR) is 173 cm³/mol. The maximum absolute atomic E-state index is 5.53. The molecule has 6 rings (SSSR count). The Balaban J connectivity index is 0.000000385. The summed E-state index contributed by atoms with van der Waals surface area (Å²) in [6.07, 6.45) is 6.52. The van der Waals surface area contributed by atoms with E-state index in [2.05, 4.69) is 60.5 Å². The van der Waals surface area contributed by atoms with Crippen molar-refractivity contribution >= 4 is 74.4 Å². The van der Waals surface area contributed by atoms with E-state index in [1.807, 2.05) is 49.7 Å². The van der Waals surface area contributed by atoms with Crippen LogP contribution in [0.15, 0.2) is 41.3 Å². The first-order valence-corrected chi connectivity index (χ1v) is 18.6.